The molecule has 0 radical (unpaired) electrons. The van der Waals surface area contributed by atoms with Crippen LogP contribution in [0.3, 0.4) is 0 Å². The average Bonchev–Trinajstić information content (AvgIpc) is 2.43. The topological polar surface area (TPSA) is 84.9 Å². The van der Waals surface area contributed by atoms with E-state index in [1.165, 1.54) is 24.3 Å². The highest BCUT2D eigenvalue weighted by atomic mass is 16.5. The molecule has 20 heavy (non-hydrogen) atoms. The molecule has 1 amide bonds. The number of rotatable bonds is 7. The average molecular weight is 279 g/mol. The van der Waals surface area contributed by atoms with Crippen LogP contribution in [-0.2, 0) is 4.74 Å². The Bertz CT molecular complexity index is 498. The predicted molar refractivity (Wildman–Crippen MR) is 74.4 cm³/mol. The van der Waals surface area contributed by atoms with Crippen LogP contribution in [-0.4, -0.2) is 30.4 Å². The van der Waals surface area contributed by atoms with Crippen LogP contribution in [0.5, 0.6) is 5.75 Å². The summed E-state index contributed by atoms with van der Waals surface area (Å²) in [5.74, 6) is -0.693. The molecule has 2 N–H and O–H groups in total. The standard InChI is InChI=1S/C14H17NO5/c1-3-7-19-12-6-5-10(13(16)17)9-11(12)15-14(18)20-8-4-2/h4-6,9H,2-3,7-8H2,1H3,(H,15,18)(H,16,17). The van der Waals surface area contributed by atoms with E-state index in [9.17, 15) is 9.59 Å². The number of anilines is 1. The molecular weight excluding hydrogens is 262 g/mol. The molecule has 0 unspecified atom stereocenters. The molecule has 1 aromatic rings. The van der Waals surface area contributed by atoms with E-state index in [1.807, 2.05) is 6.92 Å². The second-order valence-corrected chi connectivity index (χ2v) is 3.88. The molecule has 0 saturated carbocycles. The molecule has 0 spiro atoms. The van der Waals surface area contributed by atoms with Crippen molar-refractivity contribution in [3.8, 4) is 5.75 Å². The minimum absolute atomic E-state index is 0.0490. The van der Waals surface area contributed by atoms with E-state index in [1.54, 1.807) is 0 Å². The molecule has 0 bridgehead atoms. The highest BCUT2D eigenvalue weighted by Crippen LogP contribution is 2.26. The molecule has 0 aliphatic rings. The number of carboxylic acid groups (broad SMARTS) is 1. The maximum absolute atomic E-state index is 11.5. The molecule has 0 heterocycles. The summed E-state index contributed by atoms with van der Waals surface area (Å²) in [6.45, 7) is 5.90. The van der Waals surface area contributed by atoms with E-state index in [4.69, 9.17) is 14.6 Å². The van der Waals surface area contributed by atoms with Crippen molar-refractivity contribution < 1.29 is 24.2 Å². The first kappa shape index (κ1) is 15.6. The summed E-state index contributed by atoms with van der Waals surface area (Å²) in [7, 11) is 0. The molecule has 6 nitrogen and oxygen atoms in total. The number of carbonyl (C=O) groups excluding carboxylic acids is 1. The van der Waals surface area contributed by atoms with E-state index in [2.05, 4.69) is 11.9 Å². The van der Waals surface area contributed by atoms with Gasteiger partial charge in [0.1, 0.15) is 12.4 Å². The monoisotopic (exact) mass is 279 g/mol. The quantitative estimate of drug-likeness (QED) is 0.749. The normalized spacial score (nSPS) is 9.65. The first-order valence-corrected chi connectivity index (χ1v) is 6.13. The fraction of sp³-hybridized carbons (Fsp3) is 0.286. The molecule has 0 fully saturated rings. The van der Waals surface area contributed by atoms with Crippen molar-refractivity contribution in [2.75, 3.05) is 18.5 Å². The zero-order valence-electron chi connectivity index (χ0n) is 11.2. The molecule has 0 aliphatic heterocycles. The highest BCUT2D eigenvalue weighted by molar-refractivity contribution is 5.93. The van der Waals surface area contributed by atoms with Gasteiger partial charge in [-0.05, 0) is 24.6 Å². The SMILES string of the molecule is C=CCOC(=O)Nc1cc(C(=O)O)ccc1OCCC. The van der Waals surface area contributed by atoms with E-state index < -0.39 is 12.1 Å². The summed E-state index contributed by atoms with van der Waals surface area (Å²) in [5.41, 5.74) is 0.306. The van der Waals surface area contributed by atoms with Crippen LogP contribution in [0.15, 0.2) is 30.9 Å². The van der Waals surface area contributed by atoms with Gasteiger partial charge in [0.25, 0.3) is 0 Å². The lowest BCUT2D eigenvalue weighted by molar-refractivity contribution is 0.0696. The summed E-state index contributed by atoms with van der Waals surface area (Å²) in [4.78, 5) is 22.4. The Morgan fingerprint density at radius 1 is 1.45 bits per heavy atom. The summed E-state index contributed by atoms with van der Waals surface area (Å²) < 4.78 is 10.2. The Labute approximate surface area is 117 Å². The maximum Gasteiger partial charge on any atom is 0.412 e. The van der Waals surface area contributed by atoms with Crippen LogP contribution in [0.1, 0.15) is 23.7 Å². The molecule has 1 aromatic carbocycles. The minimum Gasteiger partial charge on any atom is -0.491 e. The van der Waals surface area contributed by atoms with Gasteiger partial charge in [0.15, 0.2) is 0 Å². The largest absolute Gasteiger partial charge is 0.491 e. The van der Waals surface area contributed by atoms with Gasteiger partial charge in [0.05, 0.1) is 17.9 Å². The van der Waals surface area contributed by atoms with Crippen molar-refractivity contribution >= 4 is 17.7 Å². The number of carbonyl (C=O) groups is 2. The van der Waals surface area contributed by atoms with Crippen molar-refractivity contribution in [1.29, 1.82) is 0 Å². The minimum atomic E-state index is -1.09. The number of hydrogen-bond acceptors (Lipinski definition) is 4. The Kier molecular flexibility index (Phi) is 6.09. The number of hydrogen-bond donors (Lipinski definition) is 2. The van der Waals surface area contributed by atoms with Crippen LogP contribution < -0.4 is 10.1 Å². The second kappa shape index (κ2) is 7.83. The second-order valence-electron chi connectivity index (χ2n) is 3.88. The summed E-state index contributed by atoms with van der Waals surface area (Å²) in [6.07, 6.45) is 1.52. The van der Waals surface area contributed by atoms with Crippen LogP contribution in [0.25, 0.3) is 0 Å². The zero-order valence-corrected chi connectivity index (χ0v) is 11.2. The van der Waals surface area contributed by atoms with Crippen LogP contribution in [0.4, 0.5) is 10.5 Å². The van der Waals surface area contributed by atoms with E-state index in [-0.39, 0.29) is 17.9 Å². The highest BCUT2D eigenvalue weighted by Gasteiger charge is 2.12. The van der Waals surface area contributed by atoms with E-state index in [0.717, 1.165) is 6.42 Å². The summed E-state index contributed by atoms with van der Waals surface area (Å²) >= 11 is 0. The molecule has 0 aliphatic carbocycles. The molecular formula is C14H17NO5. The number of aromatic carboxylic acids is 1. The first-order valence-electron chi connectivity index (χ1n) is 6.13. The van der Waals surface area contributed by atoms with Crippen molar-refractivity contribution in [1.82, 2.24) is 0 Å². The van der Waals surface area contributed by atoms with Gasteiger partial charge in [0, 0.05) is 0 Å². The third-order valence-electron chi connectivity index (χ3n) is 2.26. The van der Waals surface area contributed by atoms with Crippen molar-refractivity contribution in [3.05, 3.63) is 36.4 Å². The third kappa shape index (κ3) is 4.64. The van der Waals surface area contributed by atoms with Gasteiger partial charge in [-0.1, -0.05) is 19.6 Å². The number of amides is 1. The number of nitrogens with one attached hydrogen (secondary N) is 1. The maximum atomic E-state index is 11.5. The molecule has 0 atom stereocenters. The Morgan fingerprint density at radius 3 is 2.80 bits per heavy atom. The fourth-order valence-electron chi connectivity index (χ4n) is 1.38. The van der Waals surface area contributed by atoms with Gasteiger partial charge in [-0.2, -0.15) is 0 Å². The van der Waals surface area contributed by atoms with E-state index in [0.29, 0.717) is 12.4 Å². The van der Waals surface area contributed by atoms with Gasteiger partial charge >= 0.3 is 12.1 Å². The molecule has 6 heteroatoms. The lowest BCUT2D eigenvalue weighted by Crippen LogP contribution is -2.15. The number of benzene rings is 1. The molecule has 0 aromatic heterocycles. The third-order valence-corrected chi connectivity index (χ3v) is 2.26. The lowest BCUT2D eigenvalue weighted by atomic mass is 10.2. The summed E-state index contributed by atoms with van der Waals surface area (Å²) in [5, 5.41) is 11.4. The fourth-order valence-corrected chi connectivity index (χ4v) is 1.38. The Hall–Kier alpha value is -2.50. The summed E-state index contributed by atoms with van der Waals surface area (Å²) in [6, 6.07) is 4.23. The van der Waals surface area contributed by atoms with E-state index >= 15 is 0 Å². The van der Waals surface area contributed by atoms with Crippen molar-refractivity contribution in [2.45, 2.75) is 13.3 Å². The lowest BCUT2D eigenvalue weighted by Gasteiger charge is -2.12. The molecule has 108 valence electrons. The van der Waals surface area contributed by atoms with Crippen molar-refractivity contribution in [2.24, 2.45) is 0 Å². The Balaban J connectivity index is 2.92. The smallest absolute Gasteiger partial charge is 0.412 e. The van der Waals surface area contributed by atoms with Crippen molar-refractivity contribution in [3.63, 3.8) is 0 Å². The van der Waals surface area contributed by atoms with Gasteiger partial charge in [-0.3, -0.25) is 5.32 Å². The van der Waals surface area contributed by atoms with Crippen LogP contribution in [0, 0.1) is 0 Å². The predicted octanol–water partition coefficient (Wildman–Crippen LogP) is 2.91. The Morgan fingerprint density at radius 2 is 2.20 bits per heavy atom. The number of carboxylic acids is 1. The zero-order chi connectivity index (χ0) is 15.0. The van der Waals surface area contributed by atoms with Crippen LogP contribution in [0.2, 0.25) is 0 Å². The van der Waals surface area contributed by atoms with Crippen LogP contribution >= 0.6 is 0 Å². The van der Waals surface area contributed by atoms with Gasteiger partial charge in [0.2, 0.25) is 0 Å². The van der Waals surface area contributed by atoms with Gasteiger partial charge in [-0.25, -0.2) is 9.59 Å². The number of ether oxygens (including phenoxy) is 2. The van der Waals surface area contributed by atoms with Gasteiger partial charge in [-0.15, -0.1) is 0 Å². The molecule has 0 saturated heterocycles. The first-order chi connectivity index (χ1) is 9.58. The van der Waals surface area contributed by atoms with Gasteiger partial charge < -0.3 is 14.6 Å². The molecule has 1 rings (SSSR count).